The molecule has 19 rings (SSSR count). The van der Waals surface area contributed by atoms with Crippen molar-refractivity contribution in [2.45, 2.75) is 148 Å². The summed E-state index contributed by atoms with van der Waals surface area (Å²) >= 11 is 0. The minimum atomic E-state index is -0.775. The number of H-pyrrole nitrogens is 2. The second-order valence-electron chi connectivity index (χ2n) is 36.0. The molecule has 704 valence electrons. The van der Waals surface area contributed by atoms with Gasteiger partial charge in [0.05, 0.1) is 152 Å². The molecule has 4 amide bonds. The smallest absolute Gasteiger partial charge is 0.337 e. The number of aromatic nitrogens is 4. The lowest BCUT2D eigenvalue weighted by molar-refractivity contribution is -0.154. The monoisotopic (exact) mass is 1840 g/mol. The van der Waals surface area contributed by atoms with Gasteiger partial charge < -0.3 is 58.9 Å². The number of aryl methyl sites for hydroxylation is 6. The fourth-order valence-electron chi connectivity index (χ4n) is 20.7. The number of esters is 8. The van der Waals surface area contributed by atoms with Crippen molar-refractivity contribution >= 4 is 105 Å². The molecule has 31 nitrogen and oxygen atoms in total. The summed E-state index contributed by atoms with van der Waals surface area (Å²) < 4.78 is 38.3. The van der Waals surface area contributed by atoms with E-state index in [9.17, 15) is 57.5 Å². The Bertz CT molecular complexity index is 6070. The number of methoxy groups -OCH3 is 8. The first-order chi connectivity index (χ1) is 65.1. The molecule has 5 heterocycles. The number of nitriles is 1. The summed E-state index contributed by atoms with van der Waals surface area (Å²) in [4.78, 5) is 163. The maximum atomic E-state index is 13.4. The largest absolute Gasteiger partial charge is 0.469 e. The van der Waals surface area contributed by atoms with Crippen LogP contribution in [-0.2, 0) is 144 Å². The van der Waals surface area contributed by atoms with Crippen molar-refractivity contribution in [1.29, 1.82) is 5.26 Å². The molecule has 10 aromatic rings. The van der Waals surface area contributed by atoms with Gasteiger partial charge in [-0.1, -0.05) is 60.7 Å². The Kier molecular flexibility index (Phi) is 30.0. The van der Waals surface area contributed by atoms with Gasteiger partial charge in [-0.3, -0.25) is 48.6 Å². The Labute approximate surface area is 781 Å². The van der Waals surface area contributed by atoms with Crippen molar-refractivity contribution in [1.82, 2.24) is 30.7 Å². The molecule has 0 radical (unpaired) electrons. The van der Waals surface area contributed by atoms with Crippen LogP contribution in [0.15, 0.2) is 158 Å². The van der Waals surface area contributed by atoms with Crippen LogP contribution in [0.25, 0.3) is 22.1 Å². The van der Waals surface area contributed by atoms with E-state index in [4.69, 9.17) is 54.1 Å². The molecule has 9 aliphatic rings. The first kappa shape index (κ1) is 96.8. The maximum Gasteiger partial charge on any atom is 0.337 e. The Morgan fingerprint density at radius 1 is 0.430 bits per heavy atom. The van der Waals surface area contributed by atoms with Crippen molar-refractivity contribution in [2.75, 3.05) is 92.9 Å². The molecule has 2 aromatic heterocycles. The predicted molar refractivity (Wildman–Crippen MR) is 496 cm³/mol. The van der Waals surface area contributed by atoms with Crippen LogP contribution >= 0.6 is 0 Å². The van der Waals surface area contributed by atoms with Crippen molar-refractivity contribution in [3.63, 3.8) is 0 Å². The molecule has 8 aromatic carbocycles. The van der Waals surface area contributed by atoms with E-state index in [0.717, 1.165) is 168 Å². The standard InChI is InChI=1S/C22H21N3O3.C21H20N4O3.C16H21NO4.C16H17NO4.C15H17NO3.C14H16O4/c1-28-19(26)15-6-7-16-13-22(9-8-14(16)12-15)10-11-25(20(22)27)21-23-17-4-2-3-5-18(17)24-21;26-18(24-28)14-5-6-15-12-21(8-7-13(15)11-14)9-10-25(19(21)27)20-22-16-3-1-2-4-17(16)23-20;2*1-20-14(18)12-3-4-13-10-16(7-8-17,15(19)21-2)6-5-11(13)9-12;1-19-13(17)11-2-3-12-9-15(5-4-10(12)8-11)6-7-16-14(15)18;1-17-13(15)11-5-3-10-8-12(14(16)18-2)6-4-9(10)7-11/h2-7,12H,8-11,13H2,1H3,(H,23,24);1-6,11,28H,7-10,12H2,(H,22,23)(H,24,26);3-4,9H,5-8,10,17H2,1-2H3;3-4,9H,5-7,10H2,1-2H3;2-3,8H,4-7,9H2,1H3,(H,16,18);3,5,7,12H,4,6,8H2,1-2H3. The van der Waals surface area contributed by atoms with Gasteiger partial charge in [0.2, 0.25) is 29.6 Å². The van der Waals surface area contributed by atoms with Gasteiger partial charge >= 0.3 is 47.8 Å². The minimum Gasteiger partial charge on any atom is -0.469 e. The van der Waals surface area contributed by atoms with Crippen LogP contribution in [0.5, 0.6) is 0 Å². The molecule has 3 aliphatic heterocycles. The highest BCUT2D eigenvalue weighted by atomic mass is 16.5. The molecule has 31 heteroatoms. The van der Waals surface area contributed by atoms with Gasteiger partial charge in [0.15, 0.2) is 0 Å². The molecule has 3 saturated heterocycles. The van der Waals surface area contributed by atoms with E-state index in [2.05, 4.69) is 31.3 Å². The molecule has 135 heavy (non-hydrogen) atoms. The van der Waals surface area contributed by atoms with E-state index in [-0.39, 0.29) is 88.6 Å². The van der Waals surface area contributed by atoms with E-state index >= 15 is 0 Å². The number of hydrogen-bond donors (Lipinski definition) is 6. The lowest BCUT2D eigenvalue weighted by atomic mass is 9.69. The number of hydroxylamine groups is 1. The number of fused-ring (bicyclic) bond motifs is 8. The van der Waals surface area contributed by atoms with E-state index < -0.39 is 22.2 Å². The summed E-state index contributed by atoms with van der Waals surface area (Å²) in [5.74, 6) is -1.24. The Balaban J connectivity index is 0.000000131. The summed E-state index contributed by atoms with van der Waals surface area (Å²) in [6.07, 6.45) is 16.2. The number of nitrogens with one attached hydrogen (secondary N) is 4. The first-order valence-corrected chi connectivity index (χ1v) is 45.3. The number of amides is 4. The minimum absolute atomic E-state index is 0.0634. The topological polar surface area (TPSA) is 437 Å². The third-order valence-electron chi connectivity index (χ3n) is 28.4. The van der Waals surface area contributed by atoms with E-state index in [1.807, 2.05) is 115 Å². The number of aromatic amines is 2. The fourth-order valence-corrected chi connectivity index (χ4v) is 20.7. The average Bonchev–Trinajstić information content (AvgIpc) is 1.58. The molecule has 0 bridgehead atoms. The third-order valence-corrected chi connectivity index (χ3v) is 28.4. The molecular formula is C104H112N10O21. The van der Waals surface area contributed by atoms with Crippen LogP contribution in [0.4, 0.5) is 11.9 Å². The highest BCUT2D eigenvalue weighted by molar-refractivity contribution is 6.02. The van der Waals surface area contributed by atoms with E-state index in [0.29, 0.717) is 123 Å². The molecule has 6 unspecified atom stereocenters. The number of hydrogen-bond acceptors (Lipinski definition) is 25. The van der Waals surface area contributed by atoms with Gasteiger partial charge in [0.25, 0.3) is 5.91 Å². The molecule has 6 atom stereocenters. The van der Waals surface area contributed by atoms with Crippen LogP contribution in [0, 0.1) is 44.3 Å². The number of nitrogens with zero attached hydrogens (tertiary/aromatic N) is 5. The molecule has 6 aliphatic carbocycles. The number of imidazole rings is 2. The van der Waals surface area contributed by atoms with Crippen molar-refractivity contribution in [3.8, 4) is 6.07 Å². The number of ether oxygens (including phenoxy) is 8. The highest BCUT2D eigenvalue weighted by Crippen LogP contribution is 2.49. The number of carbonyl (C=O) groups is 12. The average molecular weight is 1840 g/mol. The second-order valence-corrected chi connectivity index (χ2v) is 36.0. The summed E-state index contributed by atoms with van der Waals surface area (Å²) in [6, 6.07) is 50.7. The Morgan fingerprint density at radius 2 is 0.793 bits per heavy atom. The summed E-state index contributed by atoms with van der Waals surface area (Å²) in [5, 5.41) is 20.8. The molecule has 3 fully saturated rings. The molecule has 3 spiro atoms. The van der Waals surface area contributed by atoms with Crippen LogP contribution < -0.4 is 26.3 Å². The van der Waals surface area contributed by atoms with Gasteiger partial charge in [-0.15, -0.1) is 0 Å². The zero-order valence-electron chi connectivity index (χ0n) is 77.1. The maximum absolute atomic E-state index is 13.4. The highest BCUT2D eigenvalue weighted by Gasteiger charge is 2.52. The summed E-state index contributed by atoms with van der Waals surface area (Å²) in [7, 11) is 11.0. The molecule has 7 N–H and O–H groups in total. The third kappa shape index (κ3) is 20.5. The van der Waals surface area contributed by atoms with E-state index in [1.54, 1.807) is 57.7 Å². The molecular weight excluding hydrogens is 1730 g/mol. The predicted octanol–water partition coefficient (Wildman–Crippen LogP) is 12.6. The zero-order chi connectivity index (χ0) is 96.1. The number of carbonyl (C=O) groups excluding carboxylic acids is 12. The molecule has 0 saturated carbocycles. The normalized spacial score (nSPS) is 21.0. The van der Waals surface area contributed by atoms with Gasteiger partial charge in [-0.2, -0.15) is 5.26 Å². The van der Waals surface area contributed by atoms with Crippen LogP contribution in [-0.4, -0.2) is 180 Å². The number of rotatable bonds is 14. The summed E-state index contributed by atoms with van der Waals surface area (Å²) in [5.41, 5.74) is 25.1. The van der Waals surface area contributed by atoms with Crippen molar-refractivity contribution < 1.29 is 101 Å². The second kappa shape index (κ2) is 41.9. The summed E-state index contributed by atoms with van der Waals surface area (Å²) in [6.45, 7) is 2.56. The van der Waals surface area contributed by atoms with Crippen LogP contribution in [0.2, 0.25) is 0 Å². The number of nitrogens with two attached hydrogens (primary N) is 1. The first-order valence-electron chi connectivity index (χ1n) is 45.3. The zero-order valence-corrected chi connectivity index (χ0v) is 77.1. The Morgan fingerprint density at radius 3 is 1.18 bits per heavy atom. The van der Waals surface area contributed by atoms with Crippen LogP contribution in [0.3, 0.4) is 0 Å². The van der Waals surface area contributed by atoms with Gasteiger partial charge in [0.1, 0.15) is 0 Å². The van der Waals surface area contributed by atoms with Crippen LogP contribution in [0.1, 0.15) is 200 Å². The number of para-hydroxylation sites is 4. The van der Waals surface area contributed by atoms with E-state index in [1.165, 1.54) is 68.0 Å². The van der Waals surface area contributed by atoms with Crippen molar-refractivity contribution in [2.24, 2.45) is 38.7 Å². The fraction of sp³-hybridized carbons (Fsp3) is 0.394. The number of anilines is 2. The van der Waals surface area contributed by atoms with Gasteiger partial charge in [-0.05, 0) is 312 Å². The lowest BCUT2D eigenvalue weighted by Crippen LogP contribution is -2.39. The van der Waals surface area contributed by atoms with Gasteiger partial charge in [-0.25, -0.2) is 39.4 Å². The quantitative estimate of drug-likeness (QED) is 0.0255. The Hall–Kier alpha value is -14.3. The lowest BCUT2D eigenvalue weighted by Gasteiger charge is -2.35. The SMILES string of the molecule is COC(=O)c1ccc2c(c1)CCC(C(=O)OC)C2.COC(=O)c1ccc2c(c1)CCC(CC#N)(C(=O)OC)C2.COC(=O)c1ccc2c(c1)CCC(CCN)(C(=O)OC)C2.COC(=O)c1ccc2c(c1)CCC1(CCN(c3nc4ccccc4[nH]3)C1=O)C2.COC(=O)c1ccc2c(c1)CCC1(CCNC1=O)C2.O=C(NO)c1ccc2c(c1)CCC1(CCN(c3nc4ccccc4[nH]3)C1=O)C2. The van der Waals surface area contributed by atoms with Gasteiger partial charge in [0, 0.05) is 25.2 Å². The van der Waals surface area contributed by atoms with Crippen molar-refractivity contribution in [3.05, 3.63) is 258 Å². The number of benzene rings is 8.